The number of halogens is 2. The monoisotopic (exact) mass is 317 g/mol. The van der Waals surface area contributed by atoms with Crippen LogP contribution in [0.3, 0.4) is 0 Å². The smallest absolute Gasteiger partial charge is 0.251 e. The lowest BCUT2D eigenvalue weighted by atomic mass is 10.1. The van der Waals surface area contributed by atoms with Crippen LogP contribution in [0, 0.1) is 6.92 Å². The normalized spacial score (nSPS) is 10.3. The third-order valence-corrected chi connectivity index (χ3v) is 3.58. The highest BCUT2D eigenvalue weighted by atomic mass is 79.9. The molecule has 0 saturated carbocycles. The number of rotatable bonds is 6. The van der Waals surface area contributed by atoms with Crippen molar-refractivity contribution in [1.82, 2.24) is 5.32 Å². The molecule has 0 aliphatic heterocycles. The van der Waals surface area contributed by atoms with Crippen molar-refractivity contribution in [2.24, 2.45) is 0 Å². The Morgan fingerprint density at radius 2 is 2.12 bits per heavy atom. The minimum Gasteiger partial charge on any atom is -0.352 e. The fourth-order valence-corrected chi connectivity index (χ4v) is 2.12. The van der Waals surface area contributed by atoms with Gasteiger partial charge in [-0.05, 0) is 37.5 Å². The molecule has 1 rings (SSSR count). The highest BCUT2D eigenvalue weighted by Crippen LogP contribution is 2.18. The second-order valence-corrected chi connectivity index (χ2v) is 5.12. The maximum absolute atomic E-state index is 11.9. The lowest BCUT2D eigenvalue weighted by Crippen LogP contribution is -2.25. The number of amides is 1. The zero-order chi connectivity index (χ0) is 12.7. The van der Waals surface area contributed by atoms with Gasteiger partial charge in [-0.2, -0.15) is 0 Å². The minimum atomic E-state index is -0.0381. The summed E-state index contributed by atoms with van der Waals surface area (Å²) in [7, 11) is 0. The summed E-state index contributed by atoms with van der Waals surface area (Å²) in [5, 5.41) is 4.57. The maximum atomic E-state index is 11.9. The Labute approximate surface area is 116 Å². The van der Waals surface area contributed by atoms with Crippen LogP contribution in [0.15, 0.2) is 18.2 Å². The van der Waals surface area contributed by atoms with E-state index < -0.39 is 0 Å². The largest absolute Gasteiger partial charge is 0.352 e. The van der Waals surface area contributed by atoms with Gasteiger partial charge in [0.15, 0.2) is 0 Å². The fraction of sp³-hybridized carbons (Fsp3) is 0.462. The third kappa shape index (κ3) is 4.68. The van der Waals surface area contributed by atoms with Crippen molar-refractivity contribution in [3.8, 4) is 0 Å². The molecule has 0 aromatic heterocycles. The lowest BCUT2D eigenvalue weighted by Gasteiger charge is -2.08. The van der Waals surface area contributed by atoms with Gasteiger partial charge in [0, 0.05) is 22.5 Å². The van der Waals surface area contributed by atoms with Gasteiger partial charge >= 0.3 is 0 Å². The molecule has 1 aromatic carbocycles. The van der Waals surface area contributed by atoms with Crippen LogP contribution >= 0.6 is 27.5 Å². The van der Waals surface area contributed by atoms with Crippen molar-refractivity contribution >= 4 is 33.4 Å². The topological polar surface area (TPSA) is 29.1 Å². The first-order valence-corrected chi connectivity index (χ1v) is 7.26. The Morgan fingerprint density at radius 1 is 1.35 bits per heavy atom. The molecular formula is C13H17BrClNO. The van der Waals surface area contributed by atoms with Gasteiger partial charge in [-0.25, -0.2) is 0 Å². The first-order valence-electron chi connectivity index (χ1n) is 5.76. The molecule has 0 spiro atoms. The van der Waals surface area contributed by atoms with Crippen LogP contribution in [-0.2, 0) is 0 Å². The predicted octanol–water partition coefficient (Wildman–Crippen LogP) is 3.94. The van der Waals surface area contributed by atoms with Crippen LogP contribution in [0.25, 0.3) is 0 Å². The van der Waals surface area contributed by atoms with Gasteiger partial charge in [-0.15, -0.1) is 0 Å². The van der Waals surface area contributed by atoms with E-state index in [1.54, 1.807) is 18.2 Å². The standard InChI is InChI=1S/C13H17BrClNO/c1-10-11(6-5-7-12(10)15)13(17)16-9-4-2-3-8-14/h5-7H,2-4,8-9H2,1H3,(H,16,17). The number of benzene rings is 1. The molecule has 1 aromatic rings. The van der Waals surface area contributed by atoms with E-state index in [1.165, 1.54) is 0 Å². The molecule has 0 radical (unpaired) electrons. The van der Waals surface area contributed by atoms with E-state index >= 15 is 0 Å². The second kappa shape index (κ2) is 7.72. The Balaban J connectivity index is 2.44. The minimum absolute atomic E-state index is 0.0381. The number of nitrogens with one attached hydrogen (secondary N) is 1. The third-order valence-electron chi connectivity index (χ3n) is 2.61. The van der Waals surface area contributed by atoms with Crippen LogP contribution in [-0.4, -0.2) is 17.8 Å². The first kappa shape index (κ1) is 14.5. The second-order valence-electron chi connectivity index (χ2n) is 3.92. The van der Waals surface area contributed by atoms with E-state index in [2.05, 4.69) is 21.2 Å². The molecule has 2 nitrogen and oxygen atoms in total. The van der Waals surface area contributed by atoms with Crippen LogP contribution < -0.4 is 5.32 Å². The Hall–Kier alpha value is -0.540. The zero-order valence-electron chi connectivity index (χ0n) is 9.93. The lowest BCUT2D eigenvalue weighted by molar-refractivity contribution is 0.0952. The van der Waals surface area contributed by atoms with E-state index in [0.29, 0.717) is 10.6 Å². The van der Waals surface area contributed by atoms with Crippen molar-refractivity contribution in [2.75, 3.05) is 11.9 Å². The quantitative estimate of drug-likeness (QED) is 0.624. The molecule has 94 valence electrons. The average molecular weight is 319 g/mol. The summed E-state index contributed by atoms with van der Waals surface area (Å²) in [6.07, 6.45) is 3.28. The van der Waals surface area contributed by atoms with E-state index in [9.17, 15) is 4.79 Å². The van der Waals surface area contributed by atoms with Crippen LogP contribution in [0.1, 0.15) is 35.2 Å². The number of unbranched alkanes of at least 4 members (excludes halogenated alkanes) is 2. The average Bonchev–Trinajstić information content (AvgIpc) is 2.32. The zero-order valence-corrected chi connectivity index (χ0v) is 12.3. The van der Waals surface area contributed by atoms with Crippen LogP contribution in [0.5, 0.6) is 0 Å². The highest BCUT2D eigenvalue weighted by Gasteiger charge is 2.09. The van der Waals surface area contributed by atoms with E-state index in [4.69, 9.17) is 11.6 Å². The highest BCUT2D eigenvalue weighted by molar-refractivity contribution is 9.09. The van der Waals surface area contributed by atoms with Gasteiger partial charge in [-0.3, -0.25) is 4.79 Å². The molecule has 0 fully saturated rings. The van der Waals surface area contributed by atoms with Gasteiger partial charge in [0.25, 0.3) is 5.91 Å². The number of hydrogen-bond donors (Lipinski definition) is 1. The van der Waals surface area contributed by atoms with E-state index in [1.807, 2.05) is 6.92 Å². The summed E-state index contributed by atoms with van der Waals surface area (Å²) in [6, 6.07) is 5.40. The summed E-state index contributed by atoms with van der Waals surface area (Å²) in [5.41, 5.74) is 1.50. The van der Waals surface area contributed by atoms with Gasteiger partial charge in [0.1, 0.15) is 0 Å². The number of carbonyl (C=O) groups is 1. The summed E-state index contributed by atoms with van der Waals surface area (Å²) < 4.78 is 0. The van der Waals surface area contributed by atoms with E-state index in [0.717, 1.165) is 36.7 Å². The Morgan fingerprint density at radius 3 is 2.82 bits per heavy atom. The van der Waals surface area contributed by atoms with Crippen LogP contribution in [0.2, 0.25) is 5.02 Å². The Bertz CT molecular complexity index is 382. The van der Waals surface area contributed by atoms with E-state index in [-0.39, 0.29) is 5.91 Å². The molecule has 0 aliphatic carbocycles. The summed E-state index contributed by atoms with van der Waals surface area (Å²) >= 11 is 9.36. The van der Waals surface area contributed by atoms with Crippen molar-refractivity contribution in [3.63, 3.8) is 0 Å². The van der Waals surface area contributed by atoms with Crippen molar-refractivity contribution < 1.29 is 4.79 Å². The molecule has 17 heavy (non-hydrogen) atoms. The van der Waals surface area contributed by atoms with Crippen molar-refractivity contribution in [3.05, 3.63) is 34.3 Å². The molecule has 1 amide bonds. The van der Waals surface area contributed by atoms with Gasteiger partial charge < -0.3 is 5.32 Å². The summed E-state index contributed by atoms with van der Waals surface area (Å²) in [6.45, 7) is 2.58. The Kier molecular flexibility index (Phi) is 6.60. The molecule has 0 unspecified atom stereocenters. The number of carbonyl (C=O) groups excluding carboxylic acids is 1. The molecule has 1 N–H and O–H groups in total. The van der Waals surface area contributed by atoms with Crippen LogP contribution in [0.4, 0.5) is 0 Å². The molecule has 0 heterocycles. The molecule has 4 heteroatoms. The molecule has 0 bridgehead atoms. The summed E-state index contributed by atoms with van der Waals surface area (Å²) in [4.78, 5) is 11.9. The molecule has 0 aliphatic rings. The summed E-state index contributed by atoms with van der Waals surface area (Å²) in [5.74, 6) is -0.0381. The maximum Gasteiger partial charge on any atom is 0.251 e. The van der Waals surface area contributed by atoms with Crippen molar-refractivity contribution in [2.45, 2.75) is 26.2 Å². The number of hydrogen-bond acceptors (Lipinski definition) is 1. The van der Waals surface area contributed by atoms with Gasteiger partial charge in [-0.1, -0.05) is 40.0 Å². The predicted molar refractivity (Wildman–Crippen MR) is 76.2 cm³/mol. The number of alkyl halides is 1. The molecular weight excluding hydrogens is 302 g/mol. The van der Waals surface area contributed by atoms with Gasteiger partial charge in [0.05, 0.1) is 0 Å². The molecule has 0 atom stereocenters. The van der Waals surface area contributed by atoms with Gasteiger partial charge in [0.2, 0.25) is 0 Å². The first-order chi connectivity index (χ1) is 8.16. The SMILES string of the molecule is Cc1c(Cl)cccc1C(=O)NCCCCCBr. The molecule has 0 saturated heterocycles. The van der Waals surface area contributed by atoms with Crippen molar-refractivity contribution in [1.29, 1.82) is 0 Å². The fourth-order valence-electron chi connectivity index (χ4n) is 1.55.